The van der Waals surface area contributed by atoms with Gasteiger partial charge in [0, 0.05) is 16.8 Å². The van der Waals surface area contributed by atoms with Gasteiger partial charge in [0.1, 0.15) is 5.82 Å². The highest BCUT2D eigenvalue weighted by atomic mass is 15.2. The molecule has 0 amide bonds. The third-order valence-electron chi connectivity index (χ3n) is 9.43. The molecular formula is C45H32N4. The summed E-state index contributed by atoms with van der Waals surface area (Å²) in [4.78, 5) is 4.30. The van der Waals surface area contributed by atoms with E-state index in [1.54, 1.807) is 0 Å². The minimum absolute atomic E-state index is 0.789. The molecule has 0 aliphatic rings. The van der Waals surface area contributed by atoms with Crippen molar-refractivity contribution in [1.82, 2.24) is 4.57 Å². The highest BCUT2D eigenvalue weighted by Crippen LogP contribution is 2.43. The molecule has 0 atom stereocenters. The van der Waals surface area contributed by atoms with Crippen LogP contribution in [0.5, 0.6) is 0 Å². The number of anilines is 4. The summed E-state index contributed by atoms with van der Waals surface area (Å²) in [7, 11) is 0. The van der Waals surface area contributed by atoms with Gasteiger partial charge < -0.3 is 10.6 Å². The lowest BCUT2D eigenvalue weighted by atomic mass is 9.92. The first-order valence-corrected chi connectivity index (χ1v) is 16.5. The number of rotatable bonds is 7. The van der Waals surface area contributed by atoms with Crippen LogP contribution in [0.25, 0.3) is 60.0 Å². The van der Waals surface area contributed by atoms with E-state index < -0.39 is 0 Å². The highest BCUT2D eigenvalue weighted by Gasteiger charge is 2.20. The van der Waals surface area contributed by atoms with E-state index in [0.29, 0.717) is 0 Å². The minimum Gasteiger partial charge on any atom is -0.352 e. The molecule has 0 fully saturated rings. The summed E-state index contributed by atoms with van der Waals surface area (Å²) in [5, 5.41) is 16.3. The quantitative estimate of drug-likeness (QED) is 0.136. The smallest absolute Gasteiger partial charge is 0.140 e. The van der Waals surface area contributed by atoms with E-state index in [1.807, 2.05) is 30.3 Å². The van der Waals surface area contributed by atoms with Gasteiger partial charge in [-0.2, -0.15) is 0 Å². The summed E-state index contributed by atoms with van der Waals surface area (Å²) < 4.78 is 2.26. The molecule has 0 saturated heterocycles. The molecular weight excluding hydrogens is 597 g/mol. The lowest BCUT2D eigenvalue weighted by molar-refractivity contribution is 1.13. The minimum atomic E-state index is 0.789. The van der Waals surface area contributed by atoms with Crippen molar-refractivity contribution in [3.05, 3.63) is 170 Å². The Bertz CT molecular complexity index is 2650. The van der Waals surface area contributed by atoms with Gasteiger partial charge in [0.2, 0.25) is 0 Å². The fraction of sp³-hybridized carbons (Fsp3) is 0. The highest BCUT2D eigenvalue weighted by molar-refractivity contribution is 6.25. The summed E-state index contributed by atoms with van der Waals surface area (Å²) in [6.45, 7) is 3.82. The van der Waals surface area contributed by atoms with Crippen molar-refractivity contribution < 1.29 is 0 Å². The molecule has 49 heavy (non-hydrogen) atoms. The fourth-order valence-corrected chi connectivity index (χ4v) is 7.18. The Kier molecular flexibility index (Phi) is 6.91. The Hall–Kier alpha value is -6.65. The van der Waals surface area contributed by atoms with Crippen molar-refractivity contribution in [3.8, 4) is 16.8 Å². The SMILES string of the molecule is C=Nc1ccccc1Nc1c(Nc2cccc(-c3ccc4c5ccccc5c5ccccc5c4c3)c2)c2ccccc2n1-c1ccccc1. The number of aliphatic imine (C=N–C) groups is 1. The Morgan fingerprint density at radius 1 is 0.449 bits per heavy atom. The second-order valence-electron chi connectivity index (χ2n) is 12.3. The molecule has 0 aliphatic heterocycles. The average molecular weight is 629 g/mol. The second-order valence-corrected chi connectivity index (χ2v) is 12.3. The molecule has 0 bridgehead atoms. The van der Waals surface area contributed by atoms with Crippen LogP contribution in [0.4, 0.5) is 28.6 Å². The number of benzene rings is 8. The van der Waals surface area contributed by atoms with E-state index in [1.165, 1.54) is 37.9 Å². The van der Waals surface area contributed by atoms with Gasteiger partial charge in [-0.25, -0.2) is 0 Å². The van der Waals surface area contributed by atoms with Gasteiger partial charge in [-0.15, -0.1) is 0 Å². The molecule has 1 aromatic heterocycles. The van der Waals surface area contributed by atoms with Crippen molar-refractivity contribution in [2.75, 3.05) is 10.6 Å². The molecule has 232 valence electrons. The molecule has 9 rings (SSSR count). The summed E-state index contributed by atoms with van der Waals surface area (Å²) >= 11 is 0. The topological polar surface area (TPSA) is 41.4 Å². The maximum absolute atomic E-state index is 4.30. The van der Waals surface area contributed by atoms with E-state index in [9.17, 15) is 0 Å². The summed E-state index contributed by atoms with van der Waals surface area (Å²) in [5.74, 6) is 0.915. The zero-order valence-electron chi connectivity index (χ0n) is 26.8. The van der Waals surface area contributed by atoms with Crippen LogP contribution in [0, 0.1) is 0 Å². The number of aromatic nitrogens is 1. The number of nitrogens with zero attached hydrogens (tertiary/aromatic N) is 2. The van der Waals surface area contributed by atoms with Crippen molar-refractivity contribution in [3.63, 3.8) is 0 Å². The zero-order chi connectivity index (χ0) is 32.7. The first kappa shape index (κ1) is 28.6. The van der Waals surface area contributed by atoms with Crippen LogP contribution in [0.2, 0.25) is 0 Å². The van der Waals surface area contributed by atoms with Crippen LogP contribution in [0.15, 0.2) is 175 Å². The number of para-hydroxylation sites is 4. The number of hydrogen-bond acceptors (Lipinski definition) is 3. The normalized spacial score (nSPS) is 11.3. The Labute approximate surface area is 284 Å². The largest absolute Gasteiger partial charge is 0.352 e. The first-order chi connectivity index (χ1) is 24.3. The Morgan fingerprint density at radius 2 is 1.04 bits per heavy atom. The van der Waals surface area contributed by atoms with Crippen LogP contribution in [-0.2, 0) is 0 Å². The molecule has 0 saturated carbocycles. The van der Waals surface area contributed by atoms with Gasteiger partial charge in [-0.05, 0) is 98.7 Å². The fourth-order valence-electron chi connectivity index (χ4n) is 7.18. The molecule has 0 unspecified atom stereocenters. The first-order valence-electron chi connectivity index (χ1n) is 16.5. The van der Waals surface area contributed by atoms with Crippen LogP contribution in [0.3, 0.4) is 0 Å². The molecule has 4 heteroatoms. The Morgan fingerprint density at radius 3 is 1.78 bits per heavy atom. The predicted molar refractivity (Wildman–Crippen MR) is 210 cm³/mol. The van der Waals surface area contributed by atoms with Gasteiger partial charge in [-0.3, -0.25) is 9.56 Å². The van der Waals surface area contributed by atoms with E-state index in [2.05, 4.69) is 166 Å². The number of fused-ring (bicyclic) bond motifs is 7. The molecule has 0 radical (unpaired) electrons. The van der Waals surface area contributed by atoms with Crippen LogP contribution in [0.1, 0.15) is 0 Å². The van der Waals surface area contributed by atoms with Crippen LogP contribution in [-0.4, -0.2) is 11.3 Å². The van der Waals surface area contributed by atoms with E-state index >= 15 is 0 Å². The molecule has 2 N–H and O–H groups in total. The van der Waals surface area contributed by atoms with Gasteiger partial charge in [0.25, 0.3) is 0 Å². The van der Waals surface area contributed by atoms with Gasteiger partial charge in [-0.1, -0.05) is 121 Å². The van der Waals surface area contributed by atoms with Gasteiger partial charge in [0.05, 0.1) is 22.6 Å². The predicted octanol–water partition coefficient (Wildman–Crippen LogP) is 12.6. The van der Waals surface area contributed by atoms with E-state index in [4.69, 9.17) is 0 Å². The van der Waals surface area contributed by atoms with Gasteiger partial charge in [0.15, 0.2) is 0 Å². The van der Waals surface area contributed by atoms with E-state index in [0.717, 1.165) is 50.7 Å². The summed E-state index contributed by atoms with van der Waals surface area (Å²) in [6, 6.07) is 59.9. The summed E-state index contributed by atoms with van der Waals surface area (Å²) in [5.41, 5.74) is 8.11. The maximum Gasteiger partial charge on any atom is 0.140 e. The van der Waals surface area contributed by atoms with Crippen LogP contribution >= 0.6 is 0 Å². The van der Waals surface area contributed by atoms with Crippen molar-refractivity contribution >= 4 is 78.5 Å². The number of hydrogen-bond donors (Lipinski definition) is 2. The molecule has 0 spiro atoms. The van der Waals surface area contributed by atoms with Crippen molar-refractivity contribution in [1.29, 1.82) is 0 Å². The molecule has 9 aromatic rings. The number of nitrogens with one attached hydrogen (secondary N) is 2. The third kappa shape index (κ3) is 4.90. The van der Waals surface area contributed by atoms with Crippen molar-refractivity contribution in [2.45, 2.75) is 0 Å². The van der Waals surface area contributed by atoms with Crippen molar-refractivity contribution in [2.24, 2.45) is 4.99 Å². The second kappa shape index (κ2) is 11.9. The Balaban J connectivity index is 1.19. The lowest BCUT2D eigenvalue weighted by Crippen LogP contribution is -2.03. The third-order valence-corrected chi connectivity index (χ3v) is 9.43. The standard InChI is InChI=1S/C45H32N4/c1-46-41-23-10-11-24-42(41)48-45-44(39-22-9-12-25-43(39)49(45)33-16-3-2-4-17-33)47-32-15-13-14-30(28-32)31-26-27-38-36-20-6-5-18-34(36)35-19-7-8-21-37(35)40(38)29-31/h2-29,47-48H,1H2. The zero-order valence-corrected chi connectivity index (χ0v) is 26.8. The molecule has 4 nitrogen and oxygen atoms in total. The van der Waals surface area contributed by atoms with Crippen LogP contribution < -0.4 is 10.6 Å². The maximum atomic E-state index is 4.30. The van der Waals surface area contributed by atoms with E-state index in [-0.39, 0.29) is 0 Å². The van der Waals surface area contributed by atoms with Gasteiger partial charge >= 0.3 is 0 Å². The summed E-state index contributed by atoms with van der Waals surface area (Å²) in [6.07, 6.45) is 0. The molecule has 8 aromatic carbocycles. The average Bonchev–Trinajstić information content (AvgIpc) is 3.47. The molecule has 0 aliphatic carbocycles. The lowest BCUT2D eigenvalue weighted by Gasteiger charge is -2.17. The molecule has 1 heterocycles. The monoisotopic (exact) mass is 628 g/mol.